The molecule has 0 saturated carbocycles. The summed E-state index contributed by atoms with van der Waals surface area (Å²) in [6.45, 7) is 4.86. The summed E-state index contributed by atoms with van der Waals surface area (Å²) in [7, 11) is -3.79. The number of likely N-dealkylation sites (tertiary alicyclic amines) is 1. The van der Waals surface area contributed by atoms with Crippen LogP contribution in [0.25, 0.3) is 0 Å². The van der Waals surface area contributed by atoms with Gasteiger partial charge in [0.05, 0.1) is 17.0 Å². The predicted octanol–water partition coefficient (Wildman–Crippen LogP) is 4.45. The molecule has 1 unspecified atom stereocenters. The van der Waals surface area contributed by atoms with E-state index in [1.165, 1.54) is 43.9 Å². The molecule has 0 aromatic heterocycles. The molecule has 1 fully saturated rings. The van der Waals surface area contributed by atoms with E-state index in [0.29, 0.717) is 11.6 Å². The summed E-state index contributed by atoms with van der Waals surface area (Å²) in [6, 6.07) is 11.5. The molecule has 32 heavy (non-hydrogen) atoms. The number of amides is 1. The van der Waals surface area contributed by atoms with Crippen molar-refractivity contribution in [1.29, 1.82) is 0 Å². The molecule has 1 saturated heterocycles. The smallest absolute Gasteiger partial charge is 0.243 e. The lowest BCUT2D eigenvalue weighted by atomic mass is 10.0. The summed E-state index contributed by atoms with van der Waals surface area (Å²) in [4.78, 5) is 15.4. The van der Waals surface area contributed by atoms with Crippen molar-refractivity contribution in [2.45, 2.75) is 45.3 Å². The van der Waals surface area contributed by atoms with Crippen molar-refractivity contribution < 1.29 is 13.2 Å². The highest BCUT2D eigenvalue weighted by atomic mass is 35.5. The molecule has 3 rings (SSSR count). The number of anilines is 1. The van der Waals surface area contributed by atoms with Crippen molar-refractivity contribution in [1.82, 2.24) is 10.2 Å². The molecule has 1 aliphatic rings. The molecule has 0 aliphatic carbocycles. The average Bonchev–Trinajstić information content (AvgIpc) is 2.75. The number of carbonyl (C=O) groups excluding carboxylic acids is 1. The van der Waals surface area contributed by atoms with Crippen LogP contribution in [0.4, 0.5) is 5.69 Å². The normalized spacial score (nSPS) is 15.9. The van der Waals surface area contributed by atoms with Crippen molar-refractivity contribution in [3.8, 4) is 0 Å². The Balaban J connectivity index is 1.74. The zero-order chi connectivity index (χ0) is 23.3. The molecule has 1 N–H and O–H groups in total. The largest absolute Gasteiger partial charge is 0.350 e. The van der Waals surface area contributed by atoms with Crippen LogP contribution in [0.5, 0.6) is 0 Å². The number of halogens is 2. The minimum Gasteiger partial charge on any atom is -0.350 e. The maximum atomic E-state index is 13.0. The van der Waals surface area contributed by atoms with Gasteiger partial charge in [-0.25, -0.2) is 8.42 Å². The predicted molar refractivity (Wildman–Crippen MR) is 131 cm³/mol. The van der Waals surface area contributed by atoms with Crippen LogP contribution in [0.3, 0.4) is 0 Å². The number of piperidine rings is 1. The van der Waals surface area contributed by atoms with Gasteiger partial charge in [0.1, 0.15) is 6.04 Å². The van der Waals surface area contributed by atoms with Crippen molar-refractivity contribution in [2.24, 2.45) is 0 Å². The van der Waals surface area contributed by atoms with Gasteiger partial charge in [-0.3, -0.25) is 14.0 Å². The molecule has 0 bridgehead atoms. The summed E-state index contributed by atoms with van der Waals surface area (Å²) in [5.74, 6) is -0.417. The maximum Gasteiger partial charge on any atom is 0.243 e. The molecule has 0 radical (unpaired) electrons. The molecule has 0 spiro atoms. The first-order valence-electron chi connectivity index (χ1n) is 10.7. The van der Waals surface area contributed by atoms with E-state index in [-0.39, 0.29) is 10.7 Å². The molecule has 1 heterocycles. The Morgan fingerprint density at radius 3 is 2.41 bits per heavy atom. The van der Waals surface area contributed by atoms with E-state index in [4.69, 9.17) is 23.2 Å². The van der Waals surface area contributed by atoms with Gasteiger partial charge < -0.3 is 5.32 Å². The fourth-order valence-electron chi connectivity index (χ4n) is 4.01. The minimum absolute atomic E-state index is 0.176. The third-order valence-corrected chi connectivity index (χ3v) is 7.43. The van der Waals surface area contributed by atoms with Crippen LogP contribution >= 0.6 is 23.2 Å². The molecule has 6 nitrogen and oxygen atoms in total. The van der Waals surface area contributed by atoms with E-state index in [1.54, 1.807) is 6.07 Å². The van der Waals surface area contributed by atoms with Crippen molar-refractivity contribution in [3.63, 3.8) is 0 Å². The van der Waals surface area contributed by atoms with Crippen molar-refractivity contribution in [2.75, 3.05) is 23.7 Å². The minimum atomic E-state index is -3.79. The van der Waals surface area contributed by atoms with Gasteiger partial charge in [0, 0.05) is 18.1 Å². The standard InChI is InChI=1S/C23H29Cl2N3O3S/c1-17(28(32(2,30)31)22-14-20(24)10-11-21(22)25)23(29)26-15-18-8-4-5-9-19(18)16-27-12-6-3-7-13-27/h4-5,8-11,14,17H,3,6-7,12-13,15-16H2,1-2H3,(H,26,29). The molecule has 2 aromatic carbocycles. The highest BCUT2D eigenvalue weighted by Gasteiger charge is 2.30. The summed E-state index contributed by atoms with van der Waals surface area (Å²) in [5, 5.41) is 3.42. The van der Waals surface area contributed by atoms with Crippen LogP contribution in [0.1, 0.15) is 37.3 Å². The van der Waals surface area contributed by atoms with E-state index in [1.807, 2.05) is 18.2 Å². The third-order valence-electron chi connectivity index (χ3n) is 5.65. The SMILES string of the molecule is CC(C(=O)NCc1ccccc1CN1CCCCC1)N(c1cc(Cl)ccc1Cl)S(C)(=O)=O. The third kappa shape index (κ3) is 6.38. The van der Waals surface area contributed by atoms with Crippen LogP contribution in [0, 0.1) is 0 Å². The quantitative estimate of drug-likeness (QED) is 0.584. The van der Waals surface area contributed by atoms with Crippen molar-refractivity contribution >= 4 is 44.8 Å². The van der Waals surface area contributed by atoms with E-state index in [0.717, 1.165) is 35.8 Å². The first-order chi connectivity index (χ1) is 15.2. The number of hydrogen-bond donors (Lipinski definition) is 1. The number of nitrogens with zero attached hydrogens (tertiary/aromatic N) is 2. The van der Waals surface area contributed by atoms with Crippen LogP contribution in [-0.4, -0.2) is 44.6 Å². The van der Waals surface area contributed by atoms with Gasteiger partial charge >= 0.3 is 0 Å². The number of nitrogens with one attached hydrogen (secondary N) is 1. The number of sulfonamides is 1. The fourth-order valence-corrected chi connectivity index (χ4v) is 5.61. The van der Waals surface area contributed by atoms with Crippen molar-refractivity contribution in [3.05, 3.63) is 63.6 Å². The Bertz CT molecular complexity index is 1060. The van der Waals surface area contributed by atoms with E-state index in [2.05, 4.69) is 16.3 Å². The van der Waals surface area contributed by atoms with E-state index >= 15 is 0 Å². The highest BCUT2D eigenvalue weighted by molar-refractivity contribution is 7.92. The Labute approximate surface area is 200 Å². The lowest BCUT2D eigenvalue weighted by molar-refractivity contribution is -0.122. The van der Waals surface area contributed by atoms with Crippen LogP contribution in [0.2, 0.25) is 10.0 Å². The lowest BCUT2D eigenvalue weighted by Crippen LogP contribution is -2.47. The first kappa shape index (κ1) is 24.8. The van der Waals surface area contributed by atoms with E-state index < -0.39 is 22.0 Å². The molecule has 1 atom stereocenters. The zero-order valence-corrected chi connectivity index (χ0v) is 20.7. The van der Waals surface area contributed by atoms with Crippen LogP contribution < -0.4 is 9.62 Å². The molecule has 1 amide bonds. The zero-order valence-electron chi connectivity index (χ0n) is 18.4. The average molecular weight is 498 g/mol. The molecular formula is C23H29Cl2N3O3S. The second-order valence-electron chi connectivity index (χ2n) is 8.15. The molecule has 1 aliphatic heterocycles. The molecule has 2 aromatic rings. The van der Waals surface area contributed by atoms with Gasteiger partial charge in [-0.05, 0) is 62.2 Å². The van der Waals surface area contributed by atoms with Crippen LogP contribution in [0.15, 0.2) is 42.5 Å². The monoisotopic (exact) mass is 497 g/mol. The second-order valence-corrected chi connectivity index (χ2v) is 10.9. The van der Waals surface area contributed by atoms with Gasteiger partial charge in [0.25, 0.3) is 0 Å². The first-order valence-corrected chi connectivity index (χ1v) is 13.3. The van der Waals surface area contributed by atoms with Crippen LogP contribution in [-0.2, 0) is 27.9 Å². The maximum absolute atomic E-state index is 13.0. The fraction of sp³-hybridized carbons (Fsp3) is 0.435. The number of benzene rings is 2. The molecular weight excluding hydrogens is 469 g/mol. The lowest BCUT2D eigenvalue weighted by Gasteiger charge is -2.29. The van der Waals surface area contributed by atoms with Gasteiger partial charge in [-0.2, -0.15) is 0 Å². The summed E-state index contributed by atoms with van der Waals surface area (Å²) < 4.78 is 26.1. The number of carbonyl (C=O) groups is 1. The Hall–Kier alpha value is -1.80. The molecule has 174 valence electrons. The van der Waals surface area contributed by atoms with Gasteiger partial charge in [-0.15, -0.1) is 0 Å². The topological polar surface area (TPSA) is 69.7 Å². The summed E-state index contributed by atoms with van der Waals surface area (Å²) in [5.41, 5.74) is 2.36. The Morgan fingerprint density at radius 2 is 1.75 bits per heavy atom. The van der Waals surface area contributed by atoms with Gasteiger partial charge in [-0.1, -0.05) is 53.9 Å². The van der Waals surface area contributed by atoms with Gasteiger partial charge in [0.15, 0.2) is 0 Å². The number of hydrogen-bond acceptors (Lipinski definition) is 4. The Morgan fingerprint density at radius 1 is 1.09 bits per heavy atom. The summed E-state index contributed by atoms with van der Waals surface area (Å²) >= 11 is 12.3. The summed E-state index contributed by atoms with van der Waals surface area (Å²) in [6.07, 6.45) is 4.75. The Kier molecular flexibility index (Phi) is 8.44. The highest BCUT2D eigenvalue weighted by Crippen LogP contribution is 2.32. The molecule has 9 heteroatoms. The second kappa shape index (κ2) is 10.9. The number of rotatable bonds is 8. The van der Waals surface area contributed by atoms with E-state index in [9.17, 15) is 13.2 Å². The van der Waals surface area contributed by atoms with Gasteiger partial charge in [0.2, 0.25) is 15.9 Å².